The van der Waals surface area contributed by atoms with Crippen molar-refractivity contribution in [2.24, 2.45) is 0 Å². The van der Waals surface area contributed by atoms with Gasteiger partial charge in [-0.15, -0.1) is 0 Å². The fourth-order valence-electron chi connectivity index (χ4n) is 1.70. The summed E-state index contributed by atoms with van der Waals surface area (Å²) >= 11 is 5.08. The minimum atomic E-state index is -0.411. The monoisotopic (exact) mass is 317 g/mol. The average molecular weight is 317 g/mol. The predicted molar refractivity (Wildman–Crippen MR) is 87.9 cm³/mol. The van der Waals surface area contributed by atoms with Gasteiger partial charge in [-0.25, -0.2) is 0 Å². The van der Waals surface area contributed by atoms with Crippen LogP contribution in [0.15, 0.2) is 48.5 Å². The Morgan fingerprint density at radius 2 is 1.91 bits per heavy atom. The highest BCUT2D eigenvalue weighted by Crippen LogP contribution is 2.16. The third-order valence-corrected chi connectivity index (χ3v) is 2.93. The van der Waals surface area contributed by atoms with Crippen LogP contribution < -0.4 is 20.9 Å². The van der Waals surface area contributed by atoms with Crippen LogP contribution in [0.4, 0.5) is 5.69 Å². The Morgan fingerprint density at radius 1 is 1.14 bits per heavy atom. The van der Waals surface area contributed by atoms with Gasteiger partial charge in [-0.3, -0.25) is 15.6 Å². The van der Waals surface area contributed by atoms with Gasteiger partial charge in [0.1, 0.15) is 11.5 Å². The van der Waals surface area contributed by atoms with Gasteiger partial charge in [0, 0.05) is 17.3 Å². The molecule has 1 amide bonds. The lowest BCUT2D eigenvalue weighted by Gasteiger charge is -2.12. The Labute approximate surface area is 133 Å². The smallest absolute Gasteiger partial charge is 0.269 e. The molecule has 0 aliphatic heterocycles. The summed E-state index contributed by atoms with van der Waals surface area (Å²) in [6.45, 7) is 0. The third kappa shape index (κ3) is 4.35. The molecular formula is C15H15N3O3S. The van der Waals surface area contributed by atoms with E-state index in [1.807, 2.05) is 18.2 Å². The van der Waals surface area contributed by atoms with E-state index in [9.17, 15) is 9.90 Å². The predicted octanol–water partition coefficient (Wildman–Crippen LogP) is 2.03. The number of ether oxygens (including phenoxy) is 1. The molecule has 7 heteroatoms. The molecule has 2 aromatic rings. The highest BCUT2D eigenvalue weighted by Gasteiger charge is 2.06. The van der Waals surface area contributed by atoms with Crippen molar-refractivity contribution < 1.29 is 14.6 Å². The maximum Gasteiger partial charge on any atom is 0.269 e. The van der Waals surface area contributed by atoms with Crippen LogP contribution in [0.3, 0.4) is 0 Å². The molecule has 0 saturated heterocycles. The molecule has 0 fully saturated rings. The number of carbonyl (C=O) groups excluding carboxylic acids is 1. The van der Waals surface area contributed by atoms with Crippen LogP contribution in [0.25, 0.3) is 0 Å². The van der Waals surface area contributed by atoms with Crippen molar-refractivity contribution in [2.75, 3.05) is 12.4 Å². The van der Waals surface area contributed by atoms with Gasteiger partial charge >= 0.3 is 0 Å². The Bertz CT molecular complexity index is 691. The summed E-state index contributed by atoms with van der Waals surface area (Å²) in [6, 6.07) is 13.2. The lowest BCUT2D eigenvalue weighted by atomic mass is 10.2. The zero-order valence-corrected chi connectivity index (χ0v) is 12.6. The Balaban J connectivity index is 1.88. The van der Waals surface area contributed by atoms with Gasteiger partial charge in [-0.05, 0) is 42.5 Å². The van der Waals surface area contributed by atoms with E-state index in [-0.39, 0.29) is 10.9 Å². The molecule has 0 heterocycles. The van der Waals surface area contributed by atoms with E-state index >= 15 is 0 Å². The van der Waals surface area contributed by atoms with E-state index < -0.39 is 5.91 Å². The number of phenolic OH excluding ortho intramolecular Hbond substituents is 1. The zero-order valence-electron chi connectivity index (χ0n) is 11.8. The number of thiocarbonyl (C=S) groups is 1. The molecule has 0 radical (unpaired) electrons. The van der Waals surface area contributed by atoms with Crippen molar-refractivity contribution in [1.29, 1.82) is 0 Å². The van der Waals surface area contributed by atoms with E-state index in [1.54, 1.807) is 25.3 Å². The zero-order chi connectivity index (χ0) is 15.9. The second-order valence-electron chi connectivity index (χ2n) is 4.32. The number of aromatic hydroxyl groups is 1. The van der Waals surface area contributed by atoms with Crippen molar-refractivity contribution in [3.05, 3.63) is 54.1 Å². The van der Waals surface area contributed by atoms with Crippen LogP contribution in [0.5, 0.6) is 11.5 Å². The number of amides is 1. The number of anilines is 1. The van der Waals surface area contributed by atoms with Crippen LogP contribution in [0.1, 0.15) is 10.4 Å². The SMILES string of the molecule is COc1cccc(NC(=S)NNC(=O)c2cccc(O)c2)c1. The van der Waals surface area contributed by atoms with Gasteiger partial charge in [0.2, 0.25) is 0 Å². The summed E-state index contributed by atoms with van der Waals surface area (Å²) in [5.41, 5.74) is 6.07. The lowest BCUT2D eigenvalue weighted by Crippen LogP contribution is -2.43. The van der Waals surface area contributed by atoms with Crippen LogP contribution in [0.2, 0.25) is 0 Å². The number of hydrazine groups is 1. The van der Waals surface area contributed by atoms with Crippen molar-refractivity contribution >= 4 is 28.9 Å². The average Bonchev–Trinajstić information content (AvgIpc) is 2.52. The molecule has 0 aromatic heterocycles. The van der Waals surface area contributed by atoms with Crippen LogP contribution in [0, 0.1) is 0 Å². The molecule has 2 aromatic carbocycles. The molecule has 0 saturated carbocycles. The van der Waals surface area contributed by atoms with Gasteiger partial charge in [0.05, 0.1) is 7.11 Å². The number of methoxy groups -OCH3 is 1. The fourth-order valence-corrected chi connectivity index (χ4v) is 1.86. The van der Waals surface area contributed by atoms with Crippen molar-refractivity contribution in [3.63, 3.8) is 0 Å². The summed E-state index contributed by atoms with van der Waals surface area (Å²) in [7, 11) is 1.57. The van der Waals surface area contributed by atoms with E-state index in [0.717, 1.165) is 5.69 Å². The van der Waals surface area contributed by atoms with Gasteiger partial charge in [0.25, 0.3) is 5.91 Å². The molecule has 2 rings (SSSR count). The molecule has 4 N–H and O–H groups in total. The van der Waals surface area contributed by atoms with E-state index in [2.05, 4.69) is 16.2 Å². The van der Waals surface area contributed by atoms with Crippen LogP contribution in [-0.4, -0.2) is 23.2 Å². The number of phenols is 1. The second kappa shape index (κ2) is 7.28. The van der Waals surface area contributed by atoms with Crippen molar-refractivity contribution in [1.82, 2.24) is 10.9 Å². The molecule has 0 atom stereocenters. The third-order valence-electron chi connectivity index (χ3n) is 2.73. The molecule has 0 aliphatic carbocycles. The van der Waals surface area contributed by atoms with E-state index in [4.69, 9.17) is 17.0 Å². The largest absolute Gasteiger partial charge is 0.508 e. The number of rotatable bonds is 3. The molecule has 0 unspecified atom stereocenters. The van der Waals surface area contributed by atoms with Crippen LogP contribution >= 0.6 is 12.2 Å². The maximum absolute atomic E-state index is 11.9. The number of hydrogen-bond donors (Lipinski definition) is 4. The van der Waals surface area contributed by atoms with Crippen molar-refractivity contribution in [3.8, 4) is 11.5 Å². The molecule has 0 aliphatic rings. The summed E-state index contributed by atoms with van der Waals surface area (Å²) in [4.78, 5) is 11.9. The van der Waals surface area contributed by atoms with Gasteiger partial charge < -0.3 is 15.2 Å². The topological polar surface area (TPSA) is 82.6 Å². The number of nitrogens with one attached hydrogen (secondary N) is 3. The second-order valence-corrected chi connectivity index (χ2v) is 4.72. The number of hydrogen-bond acceptors (Lipinski definition) is 4. The standard InChI is InChI=1S/C15H15N3O3S/c1-21-13-7-3-5-11(9-13)16-15(22)18-17-14(20)10-4-2-6-12(19)8-10/h2-9,19H,1H3,(H,17,20)(H2,16,18,22). The lowest BCUT2D eigenvalue weighted by molar-refractivity contribution is 0.0944. The quantitative estimate of drug-likeness (QED) is 0.512. The summed E-state index contributed by atoms with van der Waals surface area (Å²) < 4.78 is 5.11. The first-order chi connectivity index (χ1) is 10.6. The molecule has 22 heavy (non-hydrogen) atoms. The molecule has 6 nitrogen and oxygen atoms in total. The van der Waals surface area contributed by atoms with Gasteiger partial charge in [-0.1, -0.05) is 12.1 Å². The molecule has 0 bridgehead atoms. The van der Waals surface area contributed by atoms with E-state index in [1.165, 1.54) is 12.1 Å². The summed E-state index contributed by atoms with van der Waals surface area (Å²) in [5.74, 6) is 0.298. The Kier molecular flexibility index (Phi) is 5.16. The summed E-state index contributed by atoms with van der Waals surface area (Å²) in [6.07, 6.45) is 0. The van der Waals surface area contributed by atoms with Gasteiger partial charge in [0.15, 0.2) is 5.11 Å². The molecule has 114 valence electrons. The van der Waals surface area contributed by atoms with Gasteiger partial charge in [-0.2, -0.15) is 0 Å². The molecule has 0 spiro atoms. The Morgan fingerprint density at radius 3 is 2.64 bits per heavy atom. The highest BCUT2D eigenvalue weighted by molar-refractivity contribution is 7.80. The minimum absolute atomic E-state index is 0.0183. The minimum Gasteiger partial charge on any atom is -0.508 e. The summed E-state index contributed by atoms with van der Waals surface area (Å²) in [5, 5.41) is 12.5. The van der Waals surface area contributed by atoms with Crippen LogP contribution in [-0.2, 0) is 0 Å². The first kappa shape index (κ1) is 15.6. The highest BCUT2D eigenvalue weighted by atomic mass is 32.1. The Hall–Kier alpha value is -2.80. The first-order valence-corrected chi connectivity index (χ1v) is 6.80. The maximum atomic E-state index is 11.9. The van der Waals surface area contributed by atoms with E-state index in [0.29, 0.717) is 11.3 Å². The number of carbonyl (C=O) groups is 1. The fraction of sp³-hybridized carbons (Fsp3) is 0.0667. The normalized spacial score (nSPS) is 9.68. The molecular weight excluding hydrogens is 302 g/mol. The first-order valence-electron chi connectivity index (χ1n) is 6.39. The van der Waals surface area contributed by atoms with Crippen molar-refractivity contribution in [2.45, 2.75) is 0 Å². The number of benzene rings is 2.